The number of carbonyl (C=O) groups is 1. The third kappa shape index (κ3) is 5.65. The van der Waals surface area contributed by atoms with Crippen LogP contribution in [0.2, 0.25) is 0 Å². The Balaban J connectivity index is 1.36. The van der Waals surface area contributed by atoms with Crippen molar-refractivity contribution in [2.45, 2.75) is 50.7 Å². The van der Waals surface area contributed by atoms with Gasteiger partial charge in [0.15, 0.2) is 5.96 Å². The van der Waals surface area contributed by atoms with Gasteiger partial charge in [0.25, 0.3) is 5.91 Å². The van der Waals surface area contributed by atoms with Crippen LogP contribution in [-0.4, -0.2) is 37.7 Å². The molecule has 7 heteroatoms. The maximum Gasteiger partial charge on any atom is 0.253 e. The Hall–Kier alpha value is -2.93. The van der Waals surface area contributed by atoms with Crippen molar-refractivity contribution >= 4 is 17.6 Å². The number of nitrogens with one attached hydrogen (secondary N) is 3. The van der Waals surface area contributed by atoms with Crippen LogP contribution in [0.4, 0.5) is 10.1 Å². The van der Waals surface area contributed by atoms with Gasteiger partial charge in [-0.25, -0.2) is 9.38 Å². The highest BCUT2D eigenvalue weighted by atomic mass is 19.1. The highest BCUT2D eigenvalue weighted by molar-refractivity contribution is 5.94. The van der Waals surface area contributed by atoms with Crippen LogP contribution < -0.4 is 16.0 Å². The first-order chi connectivity index (χ1) is 15.6. The fourth-order valence-corrected chi connectivity index (χ4v) is 4.06. The van der Waals surface area contributed by atoms with Crippen molar-refractivity contribution in [3.8, 4) is 0 Å². The fourth-order valence-electron chi connectivity index (χ4n) is 4.06. The molecule has 170 valence electrons. The molecule has 1 saturated heterocycles. The van der Waals surface area contributed by atoms with Crippen LogP contribution >= 0.6 is 0 Å². The van der Waals surface area contributed by atoms with Crippen molar-refractivity contribution in [3.05, 3.63) is 65.5 Å². The van der Waals surface area contributed by atoms with Crippen LogP contribution in [0.5, 0.6) is 0 Å². The smallest absolute Gasteiger partial charge is 0.253 e. The summed E-state index contributed by atoms with van der Waals surface area (Å²) in [6, 6.07) is 14.6. The summed E-state index contributed by atoms with van der Waals surface area (Å²) in [5, 5.41) is 9.64. The normalized spacial score (nSPS) is 19.4. The van der Waals surface area contributed by atoms with Crippen LogP contribution in [0, 0.1) is 5.82 Å². The zero-order chi connectivity index (χ0) is 22.4. The topological polar surface area (TPSA) is 74.8 Å². The molecule has 1 atom stereocenters. The Bertz CT molecular complexity index is 968. The van der Waals surface area contributed by atoms with E-state index >= 15 is 0 Å². The standard InChI is InChI=1S/C25H31FN4O2/c1-2-27-24(29-17-25(11-12-25)19-7-4-8-20(26)15-19)28-16-18-6-3-9-21(14-18)30-23(31)22-10-5-13-32-22/h3-4,6-9,14-15,22H,2,5,10-13,16-17H2,1H3,(H,30,31)(H2,27,28,29). The molecular formula is C25H31FN4O2. The molecule has 0 aromatic heterocycles. The molecule has 0 bridgehead atoms. The van der Waals surface area contributed by atoms with Crippen molar-refractivity contribution in [1.82, 2.24) is 10.6 Å². The number of benzene rings is 2. The Morgan fingerprint density at radius 2 is 2.03 bits per heavy atom. The average molecular weight is 439 g/mol. The van der Waals surface area contributed by atoms with Crippen molar-refractivity contribution in [2.24, 2.45) is 4.99 Å². The maximum atomic E-state index is 13.7. The van der Waals surface area contributed by atoms with Crippen LogP contribution in [0.15, 0.2) is 53.5 Å². The minimum absolute atomic E-state index is 0.0230. The monoisotopic (exact) mass is 438 g/mol. The van der Waals surface area contributed by atoms with Crippen LogP contribution in [-0.2, 0) is 21.5 Å². The highest BCUT2D eigenvalue weighted by Crippen LogP contribution is 2.47. The van der Waals surface area contributed by atoms with Crippen LogP contribution in [0.1, 0.15) is 43.7 Å². The number of hydrogen-bond donors (Lipinski definition) is 3. The van der Waals surface area contributed by atoms with Gasteiger partial charge in [0.1, 0.15) is 11.9 Å². The molecule has 0 radical (unpaired) electrons. The van der Waals surface area contributed by atoms with Crippen LogP contribution in [0.25, 0.3) is 0 Å². The average Bonchev–Trinajstić information content (AvgIpc) is 3.38. The minimum atomic E-state index is -0.353. The molecule has 1 heterocycles. The third-order valence-electron chi connectivity index (χ3n) is 6.07. The molecule has 1 aliphatic carbocycles. The number of carbonyl (C=O) groups excluding carboxylic acids is 1. The number of rotatable bonds is 8. The van der Waals surface area contributed by atoms with Gasteiger partial charge in [0.05, 0.1) is 6.54 Å². The molecule has 3 N–H and O–H groups in total. The lowest BCUT2D eigenvalue weighted by molar-refractivity contribution is -0.124. The SMILES string of the molecule is CCNC(=NCc1cccc(NC(=O)C2CCCO2)c1)NCC1(c2cccc(F)c2)CC1. The lowest BCUT2D eigenvalue weighted by Crippen LogP contribution is -2.41. The highest BCUT2D eigenvalue weighted by Gasteiger charge is 2.44. The molecule has 1 unspecified atom stereocenters. The van der Waals surface area contributed by atoms with Gasteiger partial charge in [-0.15, -0.1) is 0 Å². The van der Waals surface area contributed by atoms with E-state index in [1.54, 1.807) is 12.1 Å². The van der Waals surface area contributed by atoms with Crippen LogP contribution in [0.3, 0.4) is 0 Å². The van der Waals surface area contributed by atoms with Crippen molar-refractivity contribution in [1.29, 1.82) is 0 Å². The molecule has 2 aromatic carbocycles. The summed E-state index contributed by atoms with van der Waals surface area (Å²) in [4.78, 5) is 17.0. The van der Waals surface area contributed by atoms with Crippen molar-refractivity contribution < 1.29 is 13.9 Å². The molecule has 6 nitrogen and oxygen atoms in total. The molecule has 1 amide bonds. The number of amides is 1. The number of nitrogens with zero attached hydrogens (tertiary/aromatic N) is 1. The minimum Gasteiger partial charge on any atom is -0.368 e. The number of anilines is 1. The number of aliphatic imine (C=N–C) groups is 1. The summed E-state index contributed by atoms with van der Waals surface area (Å²) in [5.74, 6) is 0.440. The summed E-state index contributed by atoms with van der Waals surface area (Å²) in [6.07, 6.45) is 3.41. The summed E-state index contributed by atoms with van der Waals surface area (Å²) < 4.78 is 19.1. The maximum absolute atomic E-state index is 13.7. The molecule has 1 aliphatic heterocycles. The van der Waals surface area contributed by atoms with E-state index in [1.165, 1.54) is 6.07 Å². The zero-order valence-corrected chi connectivity index (χ0v) is 18.5. The molecule has 2 aliphatic rings. The number of hydrogen-bond acceptors (Lipinski definition) is 3. The predicted molar refractivity (Wildman–Crippen MR) is 124 cm³/mol. The Morgan fingerprint density at radius 3 is 2.75 bits per heavy atom. The van der Waals surface area contributed by atoms with Gasteiger partial charge >= 0.3 is 0 Å². The van der Waals surface area contributed by atoms with Crippen molar-refractivity contribution in [3.63, 3.8) is 0 Å². The van der Waals surface area contributed by atoms with Crippen molar-refractivity contribution in [2.75, 3.05) is 25.0 Å². The molecule has 4 rings (SSSR count). The molecule has 2 aromatic rings. The first kappa shape index (κ1) is 22.3. The van der Waals surface area contributed by atoms with E-state index in [4.69, 9.17) is 9.73 Å². The van der Waals surface area contributed by atoms with E-state index in [-0.39, 0.29) is 23.2 Å². The second-order valence-electron chi connectivity index (χ2n) is 8.53. The van der Waals surface area contributed by atoms with E-state index in [1.807, 2.05) is 37.3 Å². The summed E-state index contributed by atoms with van der Waals surface area (Å²) in [7, 11) is 0. The Labute approximate surface area is 188 Å². The quantitative estimate of drug-likeness (QED) is 0.434. The second-order valence-corrected chi connectivity index (χ2v) is 8.53. The first-order valence-corrected chi connectivity index (χ1v) is 11.4. The van der Waals surface area contributed by atoms with Gasteiger partial charge < -0.3 is 20.7 Å². The largest absolute Gasteiger partial charge is 0.368 e. The zero-order valence-electron chi connectivity index (χ0n) is 18.5. The molecule has 1 saturated carbocycles. The van der Waals surface area contributed by atoms with Gasteiger partial charge in [-0.2, -0.15) is 0 Å². The third-order valence-corrected chi connectivity index (χ3v) is 6.07. The number of ether oxygens (including phenoxy) is 1. The van der Waals surface area contributed by atoms with E-state index in [2.05, 4.69) is 16.0 Å². The predicted octanol–water partition coefficient (Wildman–Crippen LogP) is 3.73. The molecule has 32 heavy (non-hydrogen) atoms. The van der Waals surface area contributed by atoms with Gasteiger partial charge in [-0.3, -0.25) is 4.79 Å². The molecule has 2 fully saturated rings. The molecule has 0 spiro atoms. The van der Waals surface area contributed by atoms with Gasteiger partial charge in [-0.1, -0.05) is 24.3 Å². The summed E-state index contributed by atoms with van der Waals surface area (Å²) >= 11 is 0. The second kappa shape index (κ2) is 10.1. The van der Waals surface area contributed by atoms with E-state index in [0.717, 1.165) is 55.0 Å². The lowest BCUT2D eigenvalue weighted by Gasteiger charge is -2.19. The van der Waals surface area contributed by atoms with Gasteiger partial charge in [0.2, 0.25) is 0 Å². The summed E-state index contributed by atoms with van der Waals surface area (Å²) in [5.41, 5.74) is 2.76. The number of halogens is 1. The molecular weight excluding hydrogens is 407 g/mol. The lowest BCUT2D eigenvalue weighted by atomic mass is 9.96. The van der Waals surface area contributed by atoms with Gasteiger partial charge in [-0.05, 0) is 68.0 Å². The van der Waals surface area contributed by atoms with E-state index < -0.39 is 0 Å². The first-order valence-electron chi connectivity index (χ1n) is 11.4. The fraction of sp³-hybridized carbons (Fsp3) is 0.440. The van der Waals surface area contributed by atoms with Gasteiger partial charge in [0, 0.05) is 30.8 Å². The number of guanidine groups is 1. The van der Waals surface area contributed by atoms with E-state index in [9.17, 15) is 9.18 Å². The Morgan fingerprint density at radius 1 is 1.19 bits per heavy atom. The summed E-state index contributed by atoms with van der Waals surface area (Å²) in [6.45, 7) is 4.60. The van der Waals surface area contributed by atoms with E-state index in [0.29, 0.717) is 19.7 Å². The Kier molecular flexibility index (Phi) is 7.05.